The van der Waals surface area contributed by atoms with Crippen LogP contribution in [-0.2, 0) is 9.84 Å². The highest BCUT2D eigenvalue weighted by Crippen LogP contribution is 2.48. The van der Waals surface area contributed by atoms with Gasteiger partial charge in [0.05, 0.1) is 11.5 Å². The van der Waals surface area contributed by atoms with Crippen LogP contribution < -0.4 is 0 Å². The van der Waals surface area contributed by atoms with Gasteiger partial charge in [-0.2, -0.15) is 0 Å². The standard InChI is InChI=1S/C16H31NO2S/c1-14(2,3)13-11-16(8-10-20(18,19)12-16)7-9-17(13)15(4,5)6/h13H,7-12H2,1-6H3. The zero-order chi connectivity index (χ0) is 15.4. The Hall–Kier alpha value is -0.0900. The zero-order valence-electron chi connectivity index (χ0n) is 14.0. The third-order valence-corrected chi connectivity index (χ3v) is 7.09. The lowest BCUT2D eigenvalue weighted by Crippen LogP contribution is -2.59. The highest BCUT2D eigenvalue weighted by molar-refractivity contribution is 7.91. The molecule has 1 spiro atoms. The van der Waals surface area contributed by atoms with E-state index in [2.05, 4.69) is 46.4 Å². The van der Waals surface area contributed by atoms with Crippen molar-refractivity contribution in [1.29, 1.82) is 0 Å². The van der Waals surface area contributed by atoms with Crippen molar-refractivity contribution in [2.24, 2.45) is 10.8 Å². The Morgan fingerprint density at radius 1 is 1.05 bits per heavy atom. The van der Waals surface area contributed by atoms with Crippen LogP contribution in [0.1, 0.15) is 60.8 Å². The molecule has 2 rings (SSSR count). The van der Waals surface area contributed by atoms with Gasteiger partial charge in [-0.1, -0.05) is 20.8 Å². The molecule has 2 fully saturated rings. The molecule has 0 aliphatic carbocycles. The van der Waals surface area contributed by atoms with Crippen LogP contribution in [0.15, 0.2) is 0 Å². The van der Waals surface area contributed by atoms with Crippen LogP contribution in [0.2, 0.25) is 0 Å². The molecule has 2 aliphatic heterocycles. The summed E-state index contributed by atoms with van der Waals surface area (Å²) in [6.07, 6.45) is 2.95. The van der Waals surface area contributed by atoms with Crippen molar-refractivity contribution in [1.82, 2.24) is 4.90 Å². The van der Waals surface area contributed by atoms with Crippen LogP contribution >= 0.6 is 0 Å². The molecule has 0 amide bonds. The molecule has 0 saturated carbocycles. The van der Waals surface area contributed by atoms with Gasteiger partial charge in [-0.25, -0.2) is 8.42 Å². The van der Waals surface area contributed by atoms with E-state index in [1.165, 1.54) is 0 Å². The van der Waals surface area contributed by atoms with Crippen LogP contribution in [0.3, 0.4) is 0 Å². The molecule has 2 aliphatic rings. The van der Waals surface area contributed by atoms with E-state index in [0.29, 0.717) is 17.5 Å². The van der Waals surface area contributed by atoms with E-state index in [-0.39, 0.29) is 16.4 Å². The molecule has 0 aromatic carbocycles. The monoisotopic (exact) mass is 301 g/mol. The van der Waals surface area contributed by atoms with E-state index < -0.39 is 9.84 Å². The Bertz CT molecular complexity index is 470. The van der Waals surface area contributed by atoms with Gasteiger partial charge >= 0.3 is 0 Å². The van der Waals surface area contributed by atoms with E-state index in [1.807, 2.05) is 0 Å². The van der Waals surface area contributed by atoms with Gasteiger partial charge in [0, 0.05) is 11.6 Å². The van der Waals surface area contributed by atoms with Crippen LogP contribution in [0, 0.1) is 10.8 Å². The van der Waals surface area contributed by atoms with Gasteiger partial charge in [-0.05, 0) is 57.4 Å². The summed E-state index contributed by atoms with van der Waals surface area (Å²) in [7, 11) is -2.79. The van der Waals surface area contributed by atoms with Crippen molar-refractivity contribution in [3.63, 3.8) is 0 Å². The summed E-state index contributed by atoms with van der Waals surface area (Å²) in [5, 5.41) is 0. The summed E-state index contributed by atoms with van der Waals surface area (Å²) in [6, 6.07) is 0.463. The average Bonchev–Trinajstić information content (AvgIpc) is 2.51. The van der Waals surface area contributed by atoms with E-state index in [0.717, 1.165) is 25.8 Å². The second-order valence-electron chi connectivity index (χ2n) is 9.04. The van der Waals surface area contributed by atoms with E-state index in [9.17, 15) is 8.42 Å². The van der Waals surface area contributed by atoms with Gasteiger partial charge in [-0.3, -0.25) is 4.90 Å². The Balaban J connectivity index is 2.27. The largest absolute Gasteiger partial charge is 0.295 e. The number of likely N-dealkylation sites (tertiary alicyclic amines) is 1. The molecule has 2 heterocycles. The summed E-state index contributed by atoms with van der Waals surface area (Å²) < 4.78 is 23.9. The lowest BCUT2D eigenvalue weighted by Gasteiger charge is -2.54. The average molecular weight is 301 g/mol. The highest BCUT2D eigenvalue weighted by atomic mass is 32.2. The molecule has 3 nitrogen and oxygen atoms in total. The van der Waals surface area contributed by atoms with Gasteiger partial charge in [0.15, 0.2) is 9.84 Å². The molecule has 0 aromatic rings. The maximum absolute atomic E-state index is 11.9. The number of piperidine rings is 1. The first-order valence-corrected chi connectivity index (χ1v) is 9.64. The normalized spacial score (nSPS) is 35.6. The zero-order valence-corrected chi connectivity index (χ0v) is 14.8. The third kappa shape index (κ3) is 3.22. The van der Waals surface area contributed by atoms with E-state index in [1.54, 1.807) is 0 Å². The number of hydrogen-bond donors (Lipinski definition) is 0. The van der Waals surface area contributed by atoms with Crippen molar-refractivity contribution in [3.05, 3.63) is 0 Å². The van der Waals surface area contributed by atoms with Gasteiger partial charge in [0.25, 0.3) is 0 Å². The maximum atomic E-state index is 11.9. The topological polar surface area (TPSA) is 37.4 Å². The fourth-order valence-corrected chi connectivity index (χ4v) is 6.28. The van der Waals surface area contributed by atoms with E-state index >= 15 is 0 Å². The molecule has 0 aromatic heterocycles. The molecule has 0 radical (unpaired) electrons. The Morgan fingerprint density at radius 2 is 1.65 bits per heavy atom. The first-order valence-electron chi connectivity index (χ1n) is 7.82. The minimum atomic E-state index is -2.79. The van der Waals surface area contributed by atoms with Gasteiger partial charge in [0.1, 0.15) is 0 Å². The molecular formula is C16H31NO2S. The Labute approximate surface area is 125 Å². The molecule has 2 atom stereocenters. The summed E-state index contributed by atoms with van der Waals surface area (Å²) >= 11 is 0. The fraction of sp³-hybridized carbons (Fsp3) is 1.00. The highest BCUT2D eigenvalue weighted by Gasteiger charge is 2.50. The molecule has 2 unspecified atom stereocenters. The lowest BCUT2D eigenvalue weighted by molar-refractivity contribution is -0.0456. The number of rotatable bonds is 0. The van der Waals surface area contributed by atoms with Crippen LogP contribution in [0.4, 0.5) is 0 Å². The summed E-state index contributed by atoms with van der Waals surface area (Å²) in [5.74, 6) is 0.823. The van der Waals surface area contributed by atoms with Crippen LogP contribution in [-0.4, -0.2) is 42.9 Å². The smallest absolute Gasteiger partial charge is 0.150 e. The molecule has 118 valence electrons. The van der Waals surface area contributed by atoms with Crippen molar-refractivity contribution in [2.45, 2.75) is 72.4 Å². The number of nitrogens with zero attached hydrogens (tertiary/aromatic N) is 1. The third-order valence-electron chi connectivity index (χ3n) is 5.22. The van der Waals surface area contributed by atoms with Crippen molar-refractivity contribution in [3.8, 4) is 0 Å². The summed E-state index contributed by atoms with van der Waals surface area (Å²) in [5.41, 5.74) is 0.391. The van der Waals surface area contributed by atoms with Gasteiger partial charge in [-0.15, -0.1) is 0 Å². The SMILES string of the molecule is CC(C)(C)C1CC2(CCN1C(C)(C)C)CCS(=O)(=O)C2. The van der Waals surface area contributed by atoms with Gasteiger partial charge in [0.2, 0.25) is 0 Å². The summed E-state index contributed by atoms with van der Waals surface area (Å²) in [6.45, 7) is 14.7. The van der Waals surface area contributed by atoms with Crippen LogP contribution in [0.5, 0.6) is 0 Å². The molecular weight excluding hydrogens is 270 g/mol. The molecule has 0 bridgehead atoms. The maximum Gasteiger partial charge on any atom is 0.150 e. The van der Waals surface area contributed by atoms with Crippen LogP contribution in [0.25, 0.3) is 0 Å². The second kappa shape index (κ2) is 4.70. The Kier molecular flexibility index (Phi) is 3.83. The second-order valence-corrected chi connectivity index (χ2v) is 11.2. The number of sulfone groups is 1. The first kappa shape index (κ1) is 16.3. The predicted octanol–water partition coefficient (Wildman–Crippen LogP) is 3.10. The first-order chi connectivity index (χ1) is 8.85. The van der Waals surface area contributed by atoms with Gasteiger partial charge < -0.3 is 0 Å². The van der Waals surface area contributed by atoms with E-state index in [4.69, 9.17) is 0 Å². The minimum absolute atomic E-state index is 0.0541. The Morgan fingerprint density at radius 3 is 2.05 bits per heavy atom. The quantitative estimate of drug-likeness (QED) is 0.690. The van der Waals surface area contributed by atoms with Crippen molar-refractivity contribution >= 4 is 9.84 Å². The predicted molar refractivity (Wildman–Crippen MR) is 84.6 cm³/mol. The molecule has 20 heavy (non-hydrogen) atoms. The molecule has 4 heteroatoms. The minimum Gasteiger partial charge on any atom is -0.295 e. The summed E-state index contributed by atoms with van der Waals surface area (Å²) in [4.78, 5) is 2.60. The number of hydrogen-bond acceptors (Lipinski definition) is 3. The van der Waals surface area contributed by atoms with Crippen molar-refractivity contribution < 1.29 is 8.42 Å². The lowest BCUT2D eigenvalue weighted by atomic mass is 9.67. The van der Waals surface area contributed by atoms with Crippen molar-refractivity contribution in [2.75, 3.05) is 18.1 Å². The molecule has 2 saturated heterocycles. The molecule has 0 N–H and O–H groups in total. The fourth-order valence-electron chi connectivity index (χ4n) is 4.05.